The number of ketones is 1. The van der Waals surface area contributed by atoms with Crippen LogP contribution in [0.25, 0.3) is 22.3 Å². The van der Waals surface area contributed by atoms with Crippen molar-refractivity contribution in [3.8, 4) is 22.9 Å². The minimum atomic E-state index is 0.0706. The number of Topliss-reactive ketones (excluding diaryl/α,β-unsaturated/α-hetero) is 1. The van der Waals surface area contributed by atoms with Gasteiger partial charge in [0.1, 0.15) is 0 Å². The molecule has 0 saturated heterocycles. The number of para-hydroxylation sites is 1. The van der Waals surface area contributed by atoms with Crippen LogP contribution in [-0.4, -0.2) is 44.5 Å². The summed E-state index contributed by atoms with van der Waals surface area (Å²) in [6.45, 7) is 5.24. The highest BCUT2D eigenvalue weighted by atomic mass is 32.2. The molecule has 0 spiro atoms. The van der Waals surface area contributed by atoms with Crippen molar-refractivity contribution < 1.29 is 14.3 Å². The highest BCUT2D eigenvalue weighted by Crippen LogP contribution is 2.37. The van der Waals surface area contributed by atoms with E-state index in [1.807, 2.05) is 61.9 Å². The molecular formula is C24H24N4O3S. The zero-order valence-electron chi connectivity index (χ0n) is 18.3. The maximum Gasteiger partial charge on any atom is 0.191 e. The van der Waals surface area contributed by atoms with E-state index in [9.17, 15) is 4.79 Å². The molecule has 0 atom stereocenters. The van der Waals surface area contributed by atoms with Gasteiger partial charge in [-0.25, -0.2) is 0 Å². The first-order chi connectivity index (χ1) is 15.5. The van der Waals surface area contributed by atoms with Crippen LogP contribution in [-0.2, 0) is 7.05 Å². The number of aromatic amines is 1. The van der Waals surface area contributed by atoms with E-state index in [2.05, 4.69) is 15.2 Å². The van der Waals surface area contributed by atoms with Crippen LogP contribution in [0.15, 0.2) is 41.6 Å². The van der Waals surface area contributed by atoms with Crippen LogP contribution >= 0.6 is 11.8 Å². The molecular weight excluding hydrogens is 424 g/mol. The van der Waals surface area contributed by atoms with E-state index >= 15 is 0 Å². The van der Waals surface area contributed by atoms with Gasteiger partial charge in [-0.1, -0.05) is 30.0 Å². The summed E-state index contributed by atoms with van der Waals surface area (Å²) in [7, 11) is 1.92. The standard InChI is InChI=1S/C24H24N4O3S/c1-14-11-20-21(31-10-6-9-30-20)12-17(14)23-26-27-24(28(23)3)32-13-19(29)22-15(2)25-18-8-5-4-7-16(18)22/h4-5,7-8,11-12,25H,6,9-10,13H2,1-3H3. The van der Waals surface area contributed by atoms with E-state index in [-0.39, 0.29) is 11.5 Å². The van der Waals surface area contributed by atoms with E-state index < -0.39 is 0 Å². The first-order valence-corrected chi connectivity index (χ1v) is 11.5. The Kier molecular flexibility index (Phi) is 5.38. The second kappa shape index (κ2) is 8.35. The first kappa shape index (κ1) is 20.6. The molecule has 0 saturated carbocycles. The van der Waals surface area contributed by atoms with Gasteiger partial charge in [0, 0.05) is 41.2 Å². The second-order valence-corrected chi connectivity index (χ2v) is 8.85. The highest BCUT2D eigenvalue weighted by molar-refractivity contribution is 7.99. The normalized spacial score (nSPS) is 13.3. The average molecular weight is 449 g/mol. The van der Waals surface area contributed by atoms with Crippen molar-refractivity contribution in [3.63, 3.8) is 0 Å². The summed E-state index contributed by atoms with van der Waals surface area (Å²) in [5, 5.41) is 10.4. The first-order valence-electron chi connectivity index (χ1n) is 10.6. The summed E-state index contributed by atoms with van der Waals surface area (Å²) < 4.78 is 13.6. The molecule has 0 bridgehead atoms. The fourth-order valence-electron chi connectivity index (χ4n) is 4.06. The molecule has 1 aliphatic rings. The fraction of sp³-hybridized carbons (Fsp3) is 0.292. The van der Waals surface area contributed by atoms with Crippen LogP contribution in [0.4, 0.5) is 0 Å². The molecule has 2 aromatic carbocycles. The van der Waals surface area contributed by atoms with Crippen molar-refractivity contribution in [2.45, 2.75) is 25.4 Å². The maximum atomic E-state index is 13.0. The fourth-order valence-corrected chi connectivity index (χ4v) is 4.85. The van der Waals surface area contributed by atoms with Gasteiger partial charge in [0.2, 0.25) is 0 Å². The van der Waals surface area contributed by atoms with Crippen molar-refractivity contribution in [3.05, 3.63) is 53.2 Å². The number of fused-ring (bicyclic) bond motifs is 2. The monoisotopic (exact) mass is 448 g/mol. The zero-order valence-corrected chi connectivity index (χ0v) is 19.1. The largest absolute Gasteiger partial charge is 0.490 e. The van der Waals surface area contributed by atoms with Gasteiger partial charge in [-0.05, 0) is 37.6 Å². The molecule has 0 fully saturated rings. The lowest BCUT2D eigenvalue weighted by Crippen LogP contribution is -2.05. The van der Waals surface area contributed by atoms with E-state index in [0.717, 1.165) is 57.0 Å². The number of ether oxygens (including phenoxy) is 2. The van der Waals surface area contributed by atoms with Crippen LogP contribution < -0.4 is 9.47 Å². The number of carbonyl (C=O) groups excluding carboxylic acids is 1. The molecule has 4 aromatic rings. The average Bonchev–Trinajstić information content (AvgIpc) is 3.21. The molecule has 8 heteroatoms. The predicted molar refractivity (Wildman–Crippen MR) is 125 cm³/mol. The molecule has 1 aliphatic heterocycles. The van der Waals surface area contributed by atoms with Crippen LogP contribution in [0.1, 0.15) is 28.0 Å². The number of nitrogens with zero attached hydrogens (tertiary/aromatic N) is 3. The van der Waals surface area contributed by atoms with E-state index in [1.165, 1.54) is 11.8 Å². The summed E-state index contributed by atoms with van der Waals surface area (Å²) >= 11 is 1.39. The van der Waals surface area contributed by atoms with E-state index in [4.69, 9.17) is 9.47 Å². The summed E-state index contributed by atoms with van der Waals surface area (Å²) in [5.74, 6) is 2.58. The molecule has 1 N–H and O–H groups in total. The van der Waals surface area contributed by atoms with Crippen molar-refractivity contribution in [2.75, 3.05) is 19.0 Å². The Bertz CT molecular complexity index is 1320. The Balaban J connectivity index is 1.38. The summed E-state index contributed by atoms with van der Waals surface area (Å²) in [5.41, 5.74) is 4.58. The summed E-state index contributed by atoms with van der Waals surface area (Å²) in [6, 6.07) is 11.8. The van der Waals surface area contributed by atoms with E-state index in [0.29, 0.717) is 18.4 Å². The molecule has 3 heterocycles. The minimum Gasteiger partial charge on any atom is -0.490 e. The Labute approximate surface area is 190 Å². The molecule has 0 amide bonds. The third-order valence-electron chi connectivity index (χ3n) is 5.68. The molecule has 32 heavy (non-hydrogen) atoms. The van der Waals surface area contributed by atoms with Gasteiger partial charge < -0.3 is 19.0 Å². The highest BCUT2D eigenvalue weighted by Gasteiger charge is 2.21. The van der Waals surface area contributed by atoms with Crippen molar-refractivity contribution in [1.29, 1.82) is 0 Å². The minimum absolute atomic E-state index is 0.0706. The number of rotatable bonds is 5. The SMILES string of the molecule is Cc1cc2c(cc1-c1nnc(SCC(=O)c3c(C)[nH]c4ccccc34)n1C)OCCCO2. The summed E-state index contributed by atoms with van der Waals surface area (Å²) in [4.78, 5) is 16.3. The van der Waals surface area contributed by atoms with Crippen LogP contribution in [0, 0.1) is 13.8 Å². The molecule has 0 unspecified atom stereocenters. The lowest BCUT2D eigenvalue weighted by atomic mass is 10.1. The van der Waals surface area contributed by atoms with E-state index in [1.54, 1.807) is 0 Å². The lowest BCUT2D eigenvalue weighted by molar-refractivity contribution is 0.102. The third kappa shape index (κ3) is 3.64. The zero-order chi connectivity index (χ0) is 22.2. The van der Waals surface area contributed by atoms with Crippen molar-refractivity contribution in [1.82, 2.24) is 19.7 Å². The number of benzene rings is 2. The van der Waals surface area contributed by atoms with Gasteiger partial charge >= 0.3 is 0 Å². The number of carbonyl (C=O) groups is 1. The number of thioether (sulfide) groups is 1. The number of hydrogen-bond donors (Lipinski definition) is 1. The maximum absolute atomic E-state index is 13.0. The number of hydrogen-bond acceptors (Lipinski definition) is 6. The lowest BCUT2D eigenvalue weighted by Gasteiger charge is -2.12. The van der Waals surface area contributed by atoms with Crippen molar-refractivity contribution >= 4 is 28.4 Å². The molecule has 2 aromatic heterocycles. The van der Waals surface area contributed by atoms with Gasteiger partial charge in [-0.3, -0.25) is 4.79 Å². The number of H-pyrrole nitrogens is 1. The Morgan fingerprint density at radius 1 is 1.12 bits per heavy atom. The number of aromatic nitrogens is 4. The molecule has 5 rings (SSSR count). The Morgan fingerprint density at radius 3 is 2.69 bits per heavy atom. The second-order valence-electron chi connectivity index (χ2n) is 7.91. The third-order valence-corrected chi connectivity index (χ3v) is 6.70. The van der Waals surface area contributed by atoms with Gasteiger partial charge in [0.05, 0.1) is 19.0 Å². The molecule has 164 valence electrons. The van der Waals surface area contributed by atoms with Crippen LogP contribution in [0.5, 0.6) is 11.5 Å². The summed E-state index contributed by atoms with van der Waals surface area (Å²) in [6.07, 6.45) is 0.859. The van der Waals surface area contributed by atoms with Gasteiger partial charge in [0.25, 0.3) is 0 Å². The predicted octanol–water partition coefficient (Wildman–Crippen LogP) is 4.72. The Hall–Kier alpha value is -3.26. The number of aryl methyl sites for hydroxylation is 2. The topological polar surface area (TPSA) is 82.0 Å². The van der Waals surface area contributed by atoms with Crippen LogP contribution in [0.2, 0.25) is 0 Å². The molecule has 7 nitrogen and oxygen atoms in total. The number of nitrogens with one attached hydrogen (secondary N) is 1. The van der Waals surface area contributed by atoms with Gasteiger partial charge in [0.15, 0.2) is 28.3 Å². The van der Waals surface area contributed by atoms with Gasteiger partial charge in [-0.15, -0.1) is 10.2 Å². The quantitative estimate of drug-likeness (QED) is 0.352. The molecule has 0 aliphatic carbocycles. The Morgan fingerprint density at radius 2 is 1.88 bits per heavy atom. The van der Waals surface area contributed by atoms with Crippen LogP contribution in [0.3, 0.4) is 0 Å². The smallest absolute Gasteiger partial charge is 0.191 e. The molecule has 0 radical (unpaired) electrons. The van der Waals surface area contributed by atoms with Gasteiger partial charge in [-0.2, -0.15) is 0 Å². The van der Waals surface area contributed by atoms with Crippen molar-refractivity contribution in [2.24, 2.45) is 7.05 Å².